The maximum Gasteiger partial charge on any atom is 0.266 e. The molecular weight excluding hydrogens is 425 g/mol. The Kier molecular flexibility index (Phi) is 5.10. The van der Waals surface area contributed by atoms with Gasteiger partial charge in [0.1, 0.15) is 11.5 Å². The number of thioether (sulfide) groups is 1. The first-order chi connectivity index (χ1) is 13.0. The number of carbonyl (C=O) groups is 1. The van der Waals surface area contributed by atoms with Crippen LogP contribution in [0.3, 0.4) is 0 Å². The van der Waals surface area contributed by atoms with Crippen LogP contribution in [0.15, 0.2) is 56.2 Å². The van der Waals surface area contributed by atoms with Gasteiger partial charge in [-0.05, 0) is 42.1 Å². The highest BCUT2D eigenvalue weighted by Crippen LogP contribution is 2.35. The molecule has 3 aromatic rings. The number of likely N-dealkylation sites (N-methyl/N-ethyl adjacent to an activating group) is 1. The molecule has 0 aliphatic carbocycles. The van der Waals surface area contributed by atoms with Gasteiger partial charge in [0.2, 0.25) is 5.13 Å². The second-order valence-corrected chi connectivity index (χ2v) is 8.21. The van der Waals surface area contributed by atoms with E-state index in [9.17, 15) is 4.79 Å². The SMILES string of the molecule is CN1C(=O)/C(=C\c2ccc(-c3ccc(Cl)c(Cl)c3)o2)S/C1=N/c1nccs1. The molecule has 5 nitrogen and oxygen atoms in total. The zero-order valence-corrected chi connectivity index (χ0v) is 17.0. The summed E-state index contributed by atoms with van der Waals surface area (Å²) in [5.41, 5.74) is 0.808. The summed E-state index contributed by atoms with van der Waals surface area (Å²) < 4.78 is 5.84. The molecule has 1 aromatic carbocycles. The van der Waals surface area contributed by atoms with E-state index < -0.39 is 0 Å². The summed E-state index contributed by atoms with van der Waals surface area (Å²) in [4.78, 5) is 23.0. The molecule has 1 aliphatic heterocycles. The Morgan fingerprint density at radius 2 is 2.07 bits per heavy atom. The van der Waals surface area contributed by atoms with Crippen molar-refractivity contribution in [3.05, 3.63) is 62.6 Å². The number of hydrogen-bond acceptors (Lipinski definition) is 6. The predicted molar refractivity (Wildman–Crippen MR) is 112 cm³/mol. The topological polar surface area (TPSA) is 58.7 Å². The van der Waals surface area contributed by atoms with Crippen molar-refractivity contribution in [1.29, 1.82) is 0 Å². The molecule has 1 aliphatic rings. The molecule has 3 heterocycles. The van der Waals surface area contributed by atoms with Gasteiger partial charge in [0, 0.05) is 30.3 Å². The number of furan rings is 1. The van der Waals surface area contributed by atoms with Crippen molar-refractivity contribution >= 4 is 68.6 Å². The van der Waals surface area contributed by atoms with E-state index >= 15 is 0 Å². The van der Waals surface area contributed by atoms with Gasteiger partial charge < -0.3 is 4.42 Å². The molecule has 0 radical (unpaired) electrons. The van der Waals surface area contributed by atoms with Crippen LogP contribution in [0.2, 0.25) is 10.0 Å². The highest BCUT2D eigenvalue weighted by molar-refractivity contribution is 8.18. The van der Waals surface area contributed by atoms with Crippen LogP contribution in [0.1, 0.15) is 5.76 Å². The van der Waals surface area contributed by atoms with Gasteiger partial charge in [0.15, 0.2) is 5.17 Å². The number of carbonyl (C=O) groups excluding carboxylic acids is 1. The third-order valence-corrected chi connectivity index (χ3v) is 6.18. The van der Waals surface area contributed by atoms with Crippen molar-refractivity contribution in [3.8, 4) is 11.3 Å². The minimum absolute atomic E-state index is 0.136. The monoisotopic (exact) mass is 435 g/mol. The summed E-state index contributed by atoms with van der Waals surface area (Å²) in [6, 6.07) is 8.90. The third-order valence-electron chi connectivity index (χ3n) is 3.72. The molecule has 1 fully saturated rings. The van der Waals surface area contributed by atoms with E-state index in [1.807, 2.05) is 17.5 Å². The zero-order valence-electron chi connectivity index (χ0n) is 13.8. The van der Waals surface area contributed by atoms with Crippen LogP contribution in [0.25, 0.3) is 17.4 Å². The first-order valence-electron chi connectivity index (χ1n) is 7.72. The molecule has 9 heteroatoms. The number of nitrogens with zero attached hydrogens (tertiary/aromatic N) is 3. The van der Waals surface area contributed by atoms with Crippen molar-refractivity contribution in [2.75, 3.05) is 7.05 Å². The van der Waals surface area contributed by atoms with E-state index in [0.717, 1.165) is 5.56 Å². The van der Waals surface area contributed by atoms with E-state index in [4.69, 9.17) is 27.6 Å². The van der Waals surface area contributed by atoms with Crippen LogP contribution in [0, 0.1) is 0 Å². The lowest BCUT2D eigenvalue weighted by molar-refractivity contribution is -0.121. The van der Waals surface area contributed by atoms with Crippen molar-refractivity contribution in [1.82, 2.24) is 9.88 Å². The summed E-state index contributed by atoms with van der Waals surface area (Å²) >= 11 is 14.7. The van der Waals surface area contributed by atoms with Crippen LogP contribution in [-0.2, 0) is 4.79 Å². The van der Waals surface area contributed by atoms with Gasteiger partial charge >= 0.3 is 0 Å². The molecule has 1 amide bonds. The molecule has 0 atom stereocenters. The number of aliphatic imine (C=N–C) groups is 1. The minimum Gasteiger partial charge on any atom is -0.457 e. The Balaban J connectivity index is 1.60. The number of hydrogen-bond donors (Lipinski definition) is 0. The Bertz CT molecular complexity index is 1070. The third kappa shape index (κ3) is 3.82. The fourth-order valence-electron chi connectivity index (χ4n) is 2.37. The van der Waals surface area contributed by atoms with Gasteiger partial charge in [-0.3, -0.25) is 9.69 Å². The molecule has 0 N–H and O–H groups in total. The largest absolute Gasteiger partial charge is 0.457 e. The number of rotatable bonds is 3. The van der Waals surface area contributed by atoms with Crippen molar-refractivity contribution in [3.63, 3.8) is 0 Å². The van der Waals surface area contributed by atoms with Gasteiger partial charge in [-0.2, -0.15) is 4.99 Å². The fraction of sp³-hybridized carbons (Fsp3) is 0.0556. The maximum absolute atomic E-state index is 12.5. The quantitative estimate of drug-likeness (QED) is 0.477. The lowest BCUT2D eigenvalue weighted by Crippen LogP contribution is -2.23. The molecule has 4 rings (SSSR count). The molecule has 0 unspecified atom stereocenters. The van der Waals surface area contributed by atoms with E-state index in [0.29, 0.717) is 36.8 Å². The molecular formula is C18H11Cl2N3O2S2. The summed E-state index contributed by atoms with van der Waals surface area (Å²) in [6.45, 7) is 0. The summed E-state index contributed by atoms with van der Waals surface area (Å²) in [5.74, 6) is 1.07. The predicted octanol–water partition coefficient (Wildman–Crippen LogP) is 5.94. The normalized spacial score (nSPS) is 17.4. The molecule has 0 saturated carbocycles. The van der Waals surface area contributed by atoms with Crippen LogP contribution >= 0.6 is 46.3 Å². The van der Waals surface area contributed by atoms with E-state index in [1.54, 1.807) is 37.5 Å². The van der Waals surface area contributed by atoms with Gasteiger partial charge in [-0.1, -0.05) is 23.2 Å². The number of thiazole rings is 1. The van der Waals surface area contributed by atoms with Crippen molar-refractivity contribution in [2.24, 2.45) is 4.99 Å². The lowest BCUT2D eigenvalue weighted by Gasteiger charge is -2.05. The van der Waals surface area contributed by atoms with Gasteiger partial charge in [-0.25, -0.2) is 4.98 Å². The van der Waals surface area contributed by atoms with Gasteiger partial charge in [-0.15, -0.1) is 11.3 Å². The maximum atomic E-state index is 12.5. The standard InChI is InChI=1S/C18H11Cl2N3O2S2/c1-23-16(24)15(27-18(23)22-17-21-6-7-26-17)9-11-3-5-14(25-11)10-2-4-12(19)13(20)8-10/h2-9H,1H3/b15-9+,22-18+. The first kappa shape index (κ1) is 18.3. The van der Waals surface area contributed by atoms with Gasteiger partial charge in [0.05, 0.1) is 15.0 Å². The first-order valence-corrected chi connectivity index (χ1v) is 10.2. The Labute approximate surface area is 173 Å². The fourth-order valence-corrected chi connectivity index (χ4v) is 4.18. The van der Waals surface area contributed by atoms with E-state index in [-0.39, 0.29) is 5.91 Å². The smallest absolute Gasteiger partial charge is 0.266 e. The Morgan fingerprint density at radius 1 is 1.22 bits per heavy atom. The minimum atomic E-state index is -0.136. The van der Waals surface area contributed by atoms with Crippen molar-refractivity contribution in [2.45, 2.75) is 0 Å². The molecule has 0 bridgehead atoms. The van der Waals surface area contributed by atoms with Crippen LogP contribution in [0.5, 0.6) is 0 Å². The van der Waals surface area contributed by atoms with E-state index in [1.165, 1.54) is 28.0 Å². The Morgan fingerprint density at radius 3 is 2.81 bits per heavy atom. The zero-order chi connectivity index (χ0) is 19.0. The molecule has 136 valence electrons. The molecule has 2 aromatic heterocycles. The summed E-state index contributed by atoms with van der Waals surface area (Å²) in [6.07, 6.45) is 3.38. The molecule has 1 saturated heterocycles. The second kappa shape index (κ2) is 7.52. The number of aromatic nitrogens is 1. The number of amidine groups is 1. The number of benzene rings is 1. The summed E-state index contributed by atoms with van der Waals surface area (Å²) in [5, 5.41) is 3.97. The van der Waals surface area contributed by atoms with E-state index in [2.05, 4.69) is 9.98 Å². The number of halogens is 2. The Hall–Kier alpha value is -2.06. The average Bonchev–Trinajstić information content (AvgIpc) is 3.38. The second-order valence-electron chi connectivity index (χ2n) is 5.51. The number of amides is 1. The molecule has 0 spiro atoms. The highest BCUT2D eigenvalue weighted by Gasteiger charge is 2.31. The summed E-state index contributed by atoms with van der Waals surface area (Å²) in [7, 11) is 1.69. The van der Waals surface area contributed by atoms with Crippen molar-refractivity contribution < 1.29 is 9.21 Å². The van der Waals surface area contributed by atoms with Crippen LogP contribution in [-0.4, -0.2) is 28.0 Å². The average molecular weight is 436 g/mol. The van der Waals surface area contributed by atoms with Crippen LogP contribution in [0.4, 0.5) is 5.13 Å². The van der Waals surface area contributed by atoms with Gasteiger partial charge in [0.25, 0.3) is 5.91 Å². The molecule has 27 heavy (non-hydrogen) atoms. The highest BCUT2D eigenvalue weighted by atomic mass is 35.5. The lowest BCUT2D eigenvalue weighted by atomic mass is 10.2. The van der Waals surface area contributed by atoms with Crippen LogP contribution < -0.4 is 0 Å².